The Balaban J connectivity index is 2.88. The minimum Gasteiger partial charge on any atom is -0.508 e. The van der Waals surface area contributed by atoms with Crippen LogP contribution < -0.4 is 0 Å². The molecule has 3 heteroatoms. The smallest absolute Gasteiger partial charge is 0.116 e. The molecular formula is C13H14BrNO. The molecular weight excluding hydrogens is 266 g/mol. The maximum Gasteiger partial charge on any atom is 0.116 e. The molecule has 2 nitrogen and oxygen atoms in total. The predicted molar refractivity (Wildman–Crippen MR) is 69.8 cm³/mol. The Hall–Kier alpha value is -1.09. The lowest BCUT2D eigenvalue weighted by atomic mass is 9.85. The van der Waals surface area contributed by atoms with Crippen molar-refractivity contribution in [3.63, 3.8) is 0 Å². The molecule has 0 saturated heterocycles. The number of rotatable bonds is 0. The average molecular weight is 280 g/mol. The lowest BCUT2D eigenvalue weighted by molar-refractivity contribution is 0.476. The molecule has 1 N–H and O–H groups in total. The van der Waals surface area contributed by atoms with Gasteiger partial charge in [-0.15, -0.1) is 0 Å². The molecule has 0 aliphatic heterocycles. The van der Waals surface area contributed by atoms with Crippen molar-refractivity contribution in [2.75, 3.05) is 0 Å². The second-order valence-electron chi connectivity index (χ2n) is 4.93. The van der Waals surface area contributed by atoms with Crippen LogP contribution in [0.1, 0.15) is 26.3 Å². The first-order valence-electron chi connectivity index (χ1n) is 5.17. The van der Waals surface area contributed by atoms with E-state index in [1.165, 1.54) is 5.56 Å². The van der Waals surface area contributed by atoms with Gasteiger partial charge in [-0.2, -0.15) is 0 Å². The van der Waals surface area contributed by atoms with E-state index in [-0.39, 0.29) is 11.2 Å². The molecule has 16 heavy (non-hydrogen) atoms. The fraction of sp³-hybridized carbons (Fsp3) is 0.308. The summed E-state index contributed by atoms with van der Waals surface area (Å²) in [6.07, 6.45) is 1.82. The Labute approximate surface area is 103 Å². The fourth-order valence-corrected chi connectivity index (χ4v) is 2.83. The maximum atomic E-state index is 9.57. The van der Waals surface area contributed by atoms with E-state index in [2.05, 4.69) is 41.7 Å². The molecule has 0 atom stereocenters. The molecule has 0 bridgehead atoms. The number of hydrogen-bond donors (Lipinski definition) is 1. The van der Waals surface area contributed by atoms with Crippen molar-refractivity contribution in [1.29, 1.82) is 0 Å². The SMILES string of the molecule is CC(C)(C)c1c(Br)cnc2ccc(O)cc12. The molecule has 1 aromatic carbocycles. The standard InChI is InChI=1S/C13H14BrNO/c1-13(2,3)12-9-6-8(16)4-5-11(9)15-7-10(12)14/h4-7,16H,1-3H3. The zero-order valence-electron chi connectivity index (χ0n) is 9.58. The van der Waals surface area contributed by atoms with E-state index >= 15 is 0 Å². The number of aromatic nitrogens is 1. The second kappa shape index (κ2) is 3.74. The Morgan fingerprint density at radius 3 is 2.56 bits per heavy atom. The third-order valence-electron chi connectivity index (χ3n) is 2.56. The van der Waals surface area contributed by atoms with Gasteiger partial charge >= 0.3 is 0 Å². The van der Waals surface area contributed by atoms with Gasteiger partial charge in [0.15, 0.2) is 0 Å². The summed E-state index contributed by atoms with van der Waals surface area (Å²) in [6, 6.07) is 5.27. The van der Waals surface area contributed by atoms with Crippen LogP contribution >= 0.6 is 15.9 Å². The van der Waals surface area contributed by atoms with E-state index in [1.807, 2.05) is 12.3 Å². The van der Waals surface area contributed by atoms with E-state index in [0.29, 0.717) is 0 Å². The van der Waals surface area contributed by atoms with Crippen LogP contribution in [0.4, 0.5) is 0 Å². The van der Waals surface area contributed by atoms with Gasteiger partial charge in [0.25, 0.3) is 0 Å². The maximum absolute atomic E-state index is 9.57. The topological polar surface area (TPSA) is 33.1 Å². The van der Waals surface area contributed by atoms with Crippen LogP contribution in [0.25, 0.3) is 10.9 Å². The van der Waals surface area contributed by atoms with Crippen molar-refractivity contribution in [2.45, 2.75) is 26.2 Å². The highest BCUT2D eigenvalue weighted by Gasteiger charge is 2.20. The summed E-state index contributed by atoms with van der Waals surface area (Å²) in [4.78, 5) is 4.34. The molecule has 0 saturated carbocycles. The Morgan fingerprint density at radius 2 is 1.94 bits per heavy atom. The molecule has 2 rings (SSSR count). The van der Waals surface area contributed by atoms with Crippen molar-refractivity contribution >= 4 is 26.8 Å². The van der Waals surface area contributed by atoms with Gasteiger partial charge in [0, 0.05) is 16.1 Å². The molecule has 0 radical (unpaired) electrons. The van der Waals surface area contributed by atoms with Crippen LogP contribution in [-0.4, -0.2) is 10.1 Å². The van der Waals surface area contributed by atoms with Crippen LogP contribution in [0.2, 0.25) is 0 Å². The van der Waals surface area contributed by atoms with E-state index in [4.69, 9.17) is 0 Å². The zero-order chi connectivity index (χ0) is 11.9. The minimum absolute atomic E-state index is 0.00775. The van der Waals surface area contributed by atoms with E-state index in [1.54, 1.807) is 12.1 Å². The second-order valence-corrected chi connectivity index (χ2v) is 5.79. The van der Waals surface area contributed by atoms with Gasteiger partial charge in [-0.05, 0) is 45.1 Å². The van der Waals surface area contributed by atoms with Crippen LogP contribution in [0.3, 0.4) is 0 Å². The normalized spacial score (nSPS) is 12.0. The van der Waals surface area contributed by atoms with Gasteiger partial charge in [0.2, 0.25) is 0 Å². The average Bonchev–Trinajstić information content (AvgIpc) is 2.14. The minimum atomic E-state index is 0.00775. The highest BCUT2D eigenvalue weighted by molar-refractivity contribution is 9.10. The first kappa shape index (κ1) is 11.4. The molecule has 0 unspecified atom stereocenters. The van der Waals surface area contributed by atoms with E-state index in [0.717, 1.165) is 15.4 Å². The summed E-state index contributed by atoms with van der Waals surface area (Å²) in [5.41, 5.74) is 2.09. The molecule has 0 spiro atoms. The van der Waals surface area contributed by atoms with E-state index in [9.17, 15) is 5.11 Å². The number of pyridine rings is 1. The quantitative estimate of drug-likeness (QED) is 0.791. The van der Waals surface area contributed by atoms with Crippen molar-refractivity contribution in [3.05, 3.63) is 34.4 Å². The van der Waals surface area contributed by atoms with Gasteiger partial charge < -0.3 is 5.11 Å². The number of phenols is 1. The van der Waals surface area contributed by atoms with Gasteiger partial charge in [0.05, 0.1) is 5.52 Å². The number of fused-ring (bicyclic) bond motifs is 1. The monoisotopic (exact) mass is 279 g/mol. The Morgan fingerprint density at radius 1 is 1.25 bits per heavy atom. The van der Waals surface area contributed by atoms with Gasteiger partial charge in [-0.1, -0.05) is 20.8 Å². The number of hydrogen-bond acceptors (Lipinski definition) is 2. The Bertz CT molecular complexity index is 538. The third-order valence-corrected chi connectivity index (χ3v) is 3.16. The molecule has 0 aliphatic rings. The lowest BCUT2D eigenvalue weighted by Crippen LogP contribution is -2.13. The van der Waals surface area contributed by atoms with Crippen LogP contribution in [0.5, 0.6) is 5.75 Å². The fourth-order valence-electron chi connectivity index (χ4n) is 1.92. The van der Waals surface area contributed by atoms with Crippen molar-refractivity contribution < 1.29 is 5.11 Å². The van der Waals surface area contributed by atoms with Crippen LogP contribution in [0, 0.1) is 0 Å². The largest absolute Gasteiger partial charge is 0.508 e. The predicted octanol–water partition coefficient (Wildman–Crippen LogP) is 4.00. The van der Waals surface area contributed by atoms with Gasteiger partial charge in [-0.25, -0.2) is 0 Å². The van der Waals surface area contributed by atoms with Crippen molar-refractivity contribution in [3.8, 4) is 5.75 Å². The first-order valence-corrected chi connectivity index (χ1v) is 5.96. The molecule has 0 fully saturated rings. The number of nitrogens with zero attached hydrogens (tertiary/aromatic N) is 1. The molecule has 1 heterocycles. The van der Waals surface area contributed by atoms with Gasteiger partial charge in [-0.3, -0.25) is 4.98 Å². The summed E-state index contributed by atoms with van der Waals surface area (Å²) in [5.74, 6) is 0.276. The molecule has 1 aromatic heterocycles. The molecule has 2 aromatic rings. The number of halogens is 1. The summed E-state index contributed by atoms with van der Waals surface area (Å²) < 4.78 is 0.984. The highest BCUT2D eigenvalue weighted by atomic mass is 79.9. The van der Waals surface area contributed by atoms with Crippen LogP contribution in [-0.2, 0) is 5.41 Å². The van der Waals surface area contributed by atoms with Crippen molar-refractivity contribution in [1.82, 2.24) is 4.98 Å². The number of phenolic OH excluding ortho intramolecular Hbond substituents is 1. The first-order chi connectivity index (χ1) is 7.39. The number of benzene rings is 1. The Kier molecular flexibility index (Phi) is 2.66. The third kappa shape index (κ3) is 1.92. The molecule has 0 aliphatic carbocycles. The number of aromatic hydroxyl groups is 1. The zero-order valence-corrected chi connectivity index (χ0v) is 11.2. The summed E-state index contributed by atoms with van der Waals surface area (Å²) in [6.45, 7) is 6.45. The highest BCUT2D eigenvalue weighted by Crippen LogP contribution is 2.36. The van der Waals surface area contributed by atoms with Crippen molar-refractivity contribution in [2.24, 2.45) is 0 Å². The lowest BCUT2D eigenvalue weighted by Gasteiger charge is -2.22. The molecule has 0 amide bonds. The molecule has 84 valence electrons. The van der Waals surface area contributed by atoms with E-state index < -0.39 is 0 Å². The summed E-state index contributed by atoms with van der Waals surface area (Å²) in [7, 11) is 0. The van der Waals surface area contributed by atoms with Crippen LogP contribution in [0.15, 0.2) is 28.9 Å². The van der Waals surface area contributed by atoms with Gasteiger partial charge in [0.1, 0.15) is 5.75 Å². The summed E-state index contributed by atoms with van der Waals surface area (Å²) >= 11 is 3.53. The summed E-state index contributed by atoms with van der Waals surface area (Å²) in [5, 5.41) is 10.6.